The highest BCUT2D eigenvalue weighted by Crippen LogP contribution is 2.29. The molecule has 2 aromatic rings. The summed E-state index contributed by atoms with van der Waals surface area (Å²) in [6, 6.07) is 5.16. The largest absolute Gasteiger partial charge is 0.311 e. The lowest BCUT2D eigenvalue weighted by Gasteiger charge is -2.06. The van der Waals surface area contributed by atoms with Crippen LogP contribution in [0, 0.1) is 17.0 Å². The van der Waals surface area contributed by atoms with Gasteiger partial charge in [-0.25, -0.2) is 4.68 Å². The van der Waals surface area contributed by atoms with Crippen LogP contribution >= 0.6 is 15.9 Å². The quantitative estimate of drug-likeness (QED) is 0.671. The third-order valence-corrected chi connectivity index (χ3v) is 3.54. The minimum absolute atomic E-state index is 0.0898. The maximum absolute atomic E-state index is 11.0. The summed E-state index contributed by atoms with van der Waals surface area (Å²) in [7, 11) is 0. The van der Waals surface area contributed by atoms with E-state index in [2.05, 4.69) is 26.3 Å². The first-order chi connectivity index (χ1) is 9.52. The molecule has 0 aliphatic heterocycles. The van der Waals surface area contributed by atoms with Crippen LogP contribution < -0.4 is 5.32 Å². The Hall–Kier alpha value is -1.73. The van der Waals surface area contributed by atoms with E-state index in [4.69, 9.17) is 0 Å². The number of halogens is 1. The molecular formula is C13H15BrN4O2. The Kier molecular flexibility index (Phi) is 4.51. The van der Waals surface area contributed by atoms with E-state index >= 15 is 0 Å². The zero-order chi connectivity index (χ0) is 14.7. The molecule has 0 bridgehead atoms. The number of nitrogens with zero attached hydrogens (tertiary/aromatic N) is 3. The molecule has 1 N–H and O–H groups in total. The van der Waals surface area contributed by atoms with Gasteiger partial charge in [0, 0.05) is 28.8 Å². The van der Waals surface area contributed by atoms with E-state index in [1.165, 1.54) is 6.07 Å². The normalized spacial score (nSPS) is 10.8. The second-order valence-electron chi connectivity index (χ2n) is 4.38. The van der Waals surface area contributed by atoms with Gasteiger partial charge in [0.15, 0.2) is 0 Å². The standard InChI is InChI=1S/C13H15BrN4O2/c1-3-15-8-10-4-5-17(16-10)13-7-12(18(19)20)9(2)6-11(13)14/h4-7,15H,3,8H2,1-2H3. The van der Waals surface area contributed by atoms with Gasteiger partial charge in [-0.15, -0.1) is 0 Å². The van der Waals surface area contributed by atoms with E-state index in [0.29, 0.717) is 17.8 Å². The van der Waals surface area contributed by atoms with Crippen molar-refractivity contribution in [2.75, 3.05) is 6.54 Å². The van der Waals surface area contributed by atoms with Gasteiger partial charge in [-0.1, -0.05) is 6.92 Å². The summed E-state index contributed by atoms with van der Waals surface area (Å²) in [5.74, 6) is 0. The molecule has 0 saturated heterocycles. The summed E-state index contributed by atoms with van der Waals surface area (Å²) < 4.78 is 2.42. The number of nitrogens with one attached hydrogen (secondary N) is 1. The van der Waals surface area contributed by atoms with Crippen molar-refractivity contribution in [3.63, 3.8) is 0 Å². The molecule has 0 spiro atoms. The van der Waals surface area contributed by atoms with Crippen molar-refractivity contribution in [2.45, 2.75) is 20.4 Å². The number of hydrogen-bond donors (Lipinski definition) is 1. The van der Waals surface area contributed by atoms with Crippen molar-refractivity contribution < 1.29 is 4.92 Å². The molecule has 0 saturated carbocycles. The van der Waals surface area contributed by atoms with Gasteiger partial charge in [0.25, 0.3) is 5.69 Å². The summed E-state index contributed by atoms with van der Waals surface area (Å²) in [5, 5.41) is 18.6. The van der Waals surface area contributed by atoms with Crippen LogP contribution in [0.3, 0.4) is 0 Å². The average molecular weight is 339 g/mol. The number of aryl methyl sites for hydroxylation is 1. The fourth-order valence-corrected chi connectivity index (χ4v) is 2.51. The number of hydrogen-bond acceptors (Lipinski definition) is 4. The average Bonchev–Trinajstić information content (AvgIpc) is 2.84. The Labute approximate surface area is 125 Å². The minimum Gasteiger partial charge on any atom is -0.311 e. The number of benzene rings is 1. The number of nitro benzene ring substituents is 1. The summed E-state index contributed by atoms with van der Waals surface area (Å²) in [6.45, 7) is 5.28. The lowest BCUT2D eigenvalue weighted by Crippen LogP contribution is -2.12. The van der Waals surface area contributed by atoms with Crippen molar-refractivity contribution in [2.24, 2.45) is 0 Å². The summed E-state index contributed by atoms with van der Waals surface area (Å²) in [4.78, 5) is 10.6. The number of rotatable bonds is 5. The van der Waals surface area contributed by atoms with Gasteiger partial charge < -0.3 is 5.32 Å². The topological polar surface area (TPSA) is 73.0 Å². The smallest absolute Gasteiger partial charge is 0.274 e. The van der Waals surface area contributed by atoms with Crippen LogP contribution in [0.15, 0.2) is 28.9 Å². The Balaban J connectivity index is 2.39. The zero-order valence-electron chi connectivity index (χ0n) is 11.3. The van der Waals surface area contributed by atoms with Crippen molar-refractivity contribution >= 4 is 21.6 Å². The predicted octanol–water partition coefficient (Wildman–Crippen LogP) is 2.96. The fraction of sp³-hybridized carbons (Fsp3) is 0.308. The van der Waals surface area contributed by atoms with Crippen molar-refractivity contribution in [3.8, 4) is 5.69 Å². The molecule has 1 aromatic heterocycles. The molecule has 0 amide bonds. The van der Waals surface area contributed by atoms with Crippen LogP contribution in [-0.4, -0.2) is 21.2 Å². The Morgan fingerprint density at radius 3 is 2.90 bits per heavy atom. The van der Waals surface area contributed by atoms with Crippen LogP contribution in [0.2, 0.25) is 0 Å². The van der Waals surface area contributed by atoms with E-state index in [1.807, 2.05) is 13.0 Å². The van der Waals surface area contributed by atoms with Gasteiger partial charge in [0.2, 0.25) is 0 Å². The van der Waals surface area contributed by atoms with Crippen LogP contribution in [-0.2, 0) is 6.54 Å². The fourth-order valence-electron chi connectivity index (χ4n) is 1.87. The van der Waals surface area contributed by atoms with Gasteiger partial charge >= 0.3 is 0 Å². The maximum atomic E-state index is 11.0. The molecule has 106 valence electrons. The van der Waals surface area contributed by atoms with Crippen LogP contribution in [0.25, 0.3) is 5.69 Å². The summed E-state index contributed by atoms with van der Waals surface area (Å²) in [6.07, 6.45) is 1.80. The molecule has 0 unspecified atom stereocenters. The second kappa shape index (κ2) is 6.15. The van der Waals surface area contributed by atoms with Crippen molar-refractivity contribution in [1.29, 1.82) is 0 Å². The van der Waals surface area contributed by atoms with E-state index in [1.54, 1.807) is 23.9 Å². The molecule has 0 fully saturated rings. The molecule has 1 aromatic carbocycles. The molecule has 6 nitrogen and oxygen atoms in total. The van der Waals surface area contributed by atoms with Gasteiger partial charge in [0.05, 0.1) is 16.3 Å². The van der Waals surface area contributed by atoms with E-state index in [-0.39, 0.29) is 10.6 Å². The number of aromatic nitrogens is 2. The molecule has 0 aliphatic carbocycles. The minimum atomic E-state index is -0.381. The highest BCUT2D eigenvalue weighted by molar-refractivity contribution is 9.10. The Bertz CT molecular complexity index is 639. The van der Waals surface area contributed by atoms with E-state index < -0.39 is 0 Å². The number of nitro groups is 1. The van der Waals surface area contributed by atoms with E-state index in [0.717, 1.165) is 16.7 Å². The van der Waals surface area contributed by atoms with Crippen molar-refractivity contribution in [1.82, 2.24) is 15.1 Å². The lowest BCUT2D eigenvalue weighted by molar-refractivity contribution is -0.385. The Morgan fingerprint density at radius 1 is 1.50 bits per heavy atom. The van der Waals surface area contributed by atoms with Crippen molar-refractivity contribution in [3.05, 3.63) is 50.2 Å². The first kappa shape index (κ1) is 14.7. The molecule has 0 radical (unpaired) electrons. The van der Waals surface area contributed by atoms with E-state index in [9.17, 15) is 10.1 Å². The molecule has 1 heterocycles. The monoisotopic (exact) mass is 338 g/mol. The van der Waals surface area contributed by atoms with Crippen LogP contribution in [0.4, 0.5) is 5.69 Å². The molecule has 0 atom stereocenters. The maximum Gasteiger partial charge on any atom is 0.274 e. The van der Waals surface area contributed by atoms with Crippen LogP contribution in [0.1, 0.15) is 18.2 Å². The van der Waals surface area contributed by atoms with Crippen LogP contribution in [0.5, 0.6) is 0 Å². The first-order valence-corrected chi connectivity index (χ1v) is 7.02. The first-order valence-electron chi connectivity index (χ1n) is 6.23. The third kappa shape index (κ3) is 3.05. The lowest BCUT2D eigenvalue weighted by atomic mass is 10.2. The predicted molar refractivity (Wildman–Crippen MR) is 80.0 cm³/mol. The molecular weight excluding hydrogens is 324 g/mol. The highest BCUT2D eigenvalue weighted by atomic mass is 79.9. The summed E-state index contributed by atoms with van der Waals surface area (Å²) in [5.41, 5.74) is 2.25. The van der Waals surface area contributed by atoms with Gasteiger partial charge in [-0.2, -0.15) is 5.10 Å². The third-order valence-electron chi connectivity index (χ3n) is 2.91. The Morgan fingerprint density at radius 2 is 2.25 bits per heavy atom. The molecule has 20 heavy (non-hydrogen) atoms. The zero-order valence-corrected chi connectivity index (χ0v) is 12.8. The van der Waals surface area contributed by atoms with Gasteiger partial charge in [0.1, 0.15) is 0 Å². The second-order valence-corrected chi connectivity index (χ2v) is 5.23. The molecule has 0 aliphatic rings. The highest BCUT2D eigenvalue weighted by Gasteiger charge is 2.16. The molecule has 7 heteroatoms. The van der Waals surface area contributed by atoms with Gasteiger partial charge in [-0.3, -0.25) is 10.1 Å². The van der Waals surface area contributed by atoms with Gasteiger partial charge in [-0.05, 0) is 41.5 Å². The molecule has 2 rings (SSSR count). The summed E-state index contributed by atoms with van der Waals surface area (Å²) >= 11 is 3.43. The SMILES string of the molecule is CCNCc1ccn(-c2cc([N+](=O)[O-])c(C)cc2Br)n1.